The summed E-state index contributed by atoms with van der Waals surface area (Å²) >= 11 is 0. The molecule has 0 atom stereocenters. The highest BCUT2D eigenvalue weighted by Gasteiger charge is 2.50. The fourth-order valence-corrected chi connectivity index (χ4v) is 5.33. The van der Waals surface area contributed by atoms with Gasteiger partial charge in [-0.15, -0.1) is 5.23 Å². The van der Waals surface area contributed by atoms with Gasteiger partial charge in [0.1, 0.15) is 22.5 Å². The van der Waals surface area contributed by atoms with Crippen molar-refractivity contribution in [3.8, 4) is 11.1 Å². The average Bonchev–Trinajstić information content (AvgIpc) is 3.47. The smallest absolute Gasteiger partial charge is 0.163 e. The SMILES string of the molecule is CC1(C)ON(c2cccc3c2oc2cccc(N(c4ccccc4)c4ccc(-c5ccccc5)cc4)c23)OC1(C)C. The molecule has 2 heterocycles. The van der Waals surface area contributed by atoms with Gasteiger partial charge >= 0.3 is 0 Å². The van der Waals surface area contributed by atoms with Gasteiger partial charge in [-0.1, -0.05) is 78.9 Å². The summed E-state index contributed by atoms with van der Waals surface area (Å²) in [5.74, 6) is 0. The van der Waals surface area contributed by atoms with Crippen LogP contribution in [0.5, 0.6) is 0 Å². The number of furan rings is 1. The predicted octanol–water partition coefficient (Wildman–Crippen LogP) is 9.96. The highest BCUT2D eigenvalue weighted by molar-refractivity contribution is 6.15. The first-order valence-corrected chi connectivity index (χ1v) is 14.0. The Morgan fingerprint density at radius 1 is 0.561 bits per heavy atom. The van der Waals surface area contributed by atoms with Gasteiger partial charge in [-0.25, -0.2) is 9.68 Å². The van der Waals surface area contributed by atoms with E-state index in [1.807, 2.05) is 64.1 Å². The molecule has 5 heteroatoms. The van der Waals surface area contributed by atoms with Gasteiger partial charge in [-0.3, -0.25) is 0 Å². The van der Waals surface area contributed by atoms with Crippen LogP contribution in [0, 0.1) is 0 Å². The van der Waals surface area contributed by atoms with E-state index in [9.17, 15) is 0 Å². The molecule has 1 fully saturated rings. The third kappa shape index (κ3) is 4.26. The molecule has 7 rings (SSSR count). The highest BCUT2D eigenvalue weighted by Crippen LogP contribution is 2.47. The van der Waals surface area contributed by atoms with Crippen molar-refractivity contribution in [3.05, 3.63) is 121 Å². The topological polar surface area (TPSA) is 38.1 Å². The Morgan fingerprint density at radius 3 is 1.83 bits per heavy atom. The van der Waals surface area contributed by atoms with Gasteiger partial charge in [0.2, 0.25) is 0 Å². The van der Waals surface area contributed by atoms with Crippen LogP contribution in [0.1, 0.15) is 27.7 Å². The lowest BCUT2D eigenvalue weighted by Crippen LogP contribution is -2.41. The van der Waals surface area contributed by atoms with Crippen LogP contribution in [0.2, 0.25) is 0 Å². The van der Waals surface area contributed by atoms with Crippen LogP contribution >= 0.6 is 0 Å². The maximum absolute atomic E-state index is 6.54. The van der Waals surface area contributed by atoms with Crippen LogP contribution in [0.25, 0.3) is 33.1 Å². The molecule has 0 unspecified atom stereocenters. The van der Waals surface area contributed by atoms with Crippen molar-refractivity contribution in [2.45, 2.75) is 38.9 Å². The van der Waals surface area contributed by atoms with Crippen molar-refractivity contribution in [3.63, 3.8) is 0 Å². The van der Waals surface area contributed by atoms with Crippen molar-refractivity contribution in [2.24, 2.45) is 0 Å². The van der Waals surface area contributed by atoms with E-state index in [0.29, 0.717) is 0 Å². The monoisotopic (exact) mass is 540 g/mol. The lowest BCUT2D eigenvalue weighted by molar-refractivity contribution is -0.0269. The van der Waals surface area contributed by atoms with Crippen LogP contribution in [-0.4, -0.2) is 11.2 Å². The number of rotatable bonds is 5. The fourth-order valence-electron chi connectivity index (χ4n) is 5.33. The van der Waals surface area contributed by atoms with E-state index in [1.54, 1.807) is 0 Å². The van der Waals surface area contributed by atoms with Gasteiger partial charge in [-0.05, 0) is 81.3 Å². The van der Waals surface area contributed by atoms with E-state index in [1.165, 1.54) is 16.4 Å². The van der Waals surface area contributed by atoms with Gasteiger partial charge in [0.25, 0.3) is 0 Å². The van der Waals surface area contributed by atoms with E-state index in [0.717, 1.165) is 44.7 Å². The van der Waals surface area contributed by atoms with Gasteiger partial charge < -0.3 is 9.32 Å². The van der Waals surface area contributed by atoms with Crippen molar-refractivity contribution in [2.75, 3.05) is 10.1 Å². The Morgan fingerprint density at radius 2 is 1.15 bits per heavy atom. The number of benzene rings is 5. The maximum Gasteiger partial charge on any atom is 0.163 e. The van der Waals surface area contributed by atoms with E-state index in [-0.39, 0.29) is 0 Å². The number of hydrogen-bond donors (Lipinski definition) is 0. The largest absolute Gasteiger partial charge is 0.454 e. The molecule has 41 heavy (non-hydrogen) atoms. The van der Waals surface area contributed by atoms with Crippen molar-refractivity contribution < 1.29 is 14.1 Å². The summed E-state index contributed by atoms with van der Waals surface area (Å²) in [6.07, 6.45) is 0. The number of fused-ring (bicyclic) bond motifs is 3. The molecule has 0 aliphatic carbocycles. The average molecular weight is 541 g/mol. The number of para-hydroxylation sites is 2. The molecule has 5 aromatic carbocycles. The summed E-state index contributed by atoms with van der Waals surface area (Å²) in [4.78, 5) is 14.8. The van der Waals surface area contributed by atoms with E-state index >= 15 is 0 Å². The highest BCUT2D eigenvalue weighted by atomic mass is 17.0. The summed E-state index contributed by atoms with van der Waals surface area (Å²) in [6, 6.07) is 41.9. The Bertz CT molecular complexity index is 1830. The standard InChI is InChI=1S/C36H32N2O3/c1-35(2)36(3,4)41-38(40-35)31-19-11-17-29-33-30(18-12-20-32(33)39-34(29)31)37(27-15-9-6-10-16-27)28-23-21-26(22-24-28)25-13-7-5-8-14-25/h5-24H,1-4H3. The first-order chi connectivity index (χ1) is 19.8. The first-order valence-electron chi connectivity index (χ1n) is 14.0. The molecule has 0 saturated carbocycles. The molecule has 6 aromatic rings. The Kier molecular flexibility index (Phi) is 5.89. The molecule has 1 aliphatic rings. The van der Waals surface area contributed by atoms with Crippen molar-refractivity contribution >= 4 is 44.7 Å². The molecule has 1 saturated heterocycles. The molecule has 1 aliphatic heterocycles. The Hall–Kier alpha value is -4.58. The minimum Gasteiger partial charge on any atom is -0.454 e. The second-order valence-electron chi connectivity index (χ2n) is 11.5. The Balaban J connectivity index is 1.39. The summed E-state index contributed by atoms with van der Waals surface area (Å²) < 4.78 is 6.54. The third-order valence-electron chi connectivity index (χ3n) is 8.24. The number of hydrogen-bond acceptors (Lipinski definition) is 5. The summed E-state index contributed by atoms with van der Waals surface area (Å²) in [7, 11) is 0. The fraction of sp³-hybridized carbons (Fsp3) is 0.167. The van der Waals surface area contributed by atoms with Crippen molar-refractivity contribution in [1.82, 2.24) is 0 Å². The van der Waals surface area contributed by atoms with Crippen LogP contribution in [0.4, 0.5) is 22.7 Å². The molecular weight excluding hydrogens is 508 g/mol. The van der Waals surface area contributed by atoms with Crippen LogP contribution in [0.3, 0.4) is 0 Å². The minimum absolute atomic E-state index is 0.512. The molecule has 204 valence electrons. The molecule has 0 spiro atoms. The van der Waals surface area contributed by atoms with Gasteiger partial charge in [0, 0.05) is 16.8 Å². The van der Waals surface area contributed by atoms with Gasteiger partial charge in [0.15, 0.2) is 5.58 Å². The molecule has 0 amide bonds. The van der Waals surface area contributed by atoms with Crippen molar-refractivity contribution in [1.29, 1.82) is 0 Å². The van der Waals surface area contributed by atoms with Gasteiger partial charge in [0.05, 0.1) is 11.1 Å². The van der Waals surface area contributed by atoms with Crippen LogP contribution in [0.15, 0.2) is 126 Å². The normalized spacial score (nSPS) is 16.0. The second kappa shape index (κ2) is 9.51. The molecule has 5 nitrogen and oxygen atoms in total. The molecule has 0 N–H and O–H groups in total. The lowest BCUT2D eigenvalue weighted by atomic mass is 9.90. The summed E-state index contributed by atoms with van der Waals surface area (Å²) in [5.41, 5.74) is 6.75. The van der Waals surface area contributed by atoms with Crippen LogP contribution in [-0.2, 0) is 9.68 Å². The number of anilines is 4. The molecule has 0 bridgehead atoms. The quantitative estimate of drug-likeness (QED) is 0.217. The van der Waals surface area contributed by atoms with Gasteiger partial charge in [-0.2, -0.15) is 0 Å². The zero-order valence-corrected chi connectivity index (χ0v) is 23.7. The molecule has 1 aromatic heterocycles. The van der Waals surface area contributed by atoms with E-state index < -0.39 is 11.2 Å². The predicted molar refractivity (Wildman–Crippen MR) is 167 cm³/mol. The summed E-state index contributed by atoms with van der Waals surface area (Å²) in [6.45, 7) is 8.13. The number of nitrogens with zero attached hydrogens (tertiary/aromatic N) is 2. The third-order valence-corrected chi connectivity index (χ3v) is 8.24. The lowest BCUT2D eigenvalue weighted by Gasteiger charge is -2.26. The van der Waals surface area contributed by atoms with E-state index in [4.69, 9.17) is 14.1 Å². The molecular formula is C36H32N2O3. The second-order valence-corrected chi connectivity index (χ2v) is 11.5. The maximum atomic E-state index is 6.54. The summed E-state index contributed by atoms with van der Waals surface area (Å²) in [5, 5.41) is 3.53. The zero-order chi connectivity index (χ0) is 28.2. The van der Waals surface area contributed by atoms with Crippen LogP contribution < -0.4 is 10.1 Å². The Labute approximate surface area is 240 Å². The molecule has 0 radical (unpaired) electrons. The first kappa shape index (κ1) is 25.4. The van der Waals surface area contributed by atoms with E-state index in [2.05, 4.69) is 89.8 Å². The minimum atomic E-state index is -0.512. The zero-order valence-electron chi connectivity index (χ0n) is 23.7.